The second-order valence-corrected chi connectivity index (χ2v) is 8.63. The van der Waals surface area contributed by atoms with E-state index in [1.165, 1.54) is 11.1 Å². The van der Waals surface area contributed by atoms with Crippen molar-refractivity contribution >= 4 is 5.91 Å². The first-order chi connectivity index (χ1) is 15.4. The number of piperazine rings is 1. The summed E-state index contributed by atoms with van der Waals surface area (Å²) in [6, 6.07) is 14.6. The predicted octanol–water partition coefficient (Wildman–Crippen LogP) is 4.45. The van der Waals surface area contributed by atoms with Gasteiger partial charge in [-0.2, -0.15) is 0 Å². The average molecular weight is 434 g/mol. The molecule has 168 valence electrons. The maximum absolute atomic E-state index is 13.2. The van der Waals surface area contributed by atoms with E-state index in [0.717, 1.165) is 42.1 Å². The number of rotatable bonds is 6. The SMILES string of the molecule is Cc1cccc(CN2CCN(C(=O)c3noc(C)c3COc3c(C)cccc3C)CC2)c1. The number of aromatic nitrogens is 1. The van der Waals surface area contributed by atoms with Gasteiger partial charge in [0.1, 0.15) is 18.1 Å². The molecule has 1 aliphatic heterocycles. The van der Waals surface area contributed by atoms with Crippen LogP contribution in [0.2, 0.25) is 0 Å². The summed E-state index contributed by atoms with van der Waals surface area (Å²) in [5, 5.41) is 4.08. The molecule has 2 heterocycles. The van der Waals surface area contributed by atoms with E-state index in [9.17, 15) is 4.79 Å². The van der Waals surface area contributed by atoms with E-state index in [4.69, 9.17) is 9.26 Å². The Morgan fingerprint density at radius 2 is 1.69 bits per heavy atom. The van der Waals surface area contributed by atoms with Crippen molar-refractivity contribution in [2.45, 2.75) is 40.8 Å². The maximum atomic E-state index is 13.2. The summed E-state index contributed by atoms with van der Waals surface area (Å²) < 4.78 is 11.5. The van der Waals surface area contributed by atoms with Crippen molar-refractivity contribution in [3.8, 4) is 5.75 Å². The third-order valence-corrected chi connectivity index (χ3v) is 6.11. The molecule has 0 saturated carbocycles. The number of ether oxygens (including phenoxy) is 1. The van der Waals surface area contributed by atoms with E-state index >= 15 is 0 Å². The summed E-state index contributed by atoms with van der Waals surface area (Å²) in [7, 11) is 0. The number of carbonyl (C=O) groups is 1. The number of aryl methyl sites for hydroxylation is 4. The summed E-state index contributed by atoms with van der Waals surface area (Å²) in [4.78, 5) is 17.5. The van der Waals surface area contributed by atoms with Crippen molar-refractivity contribution in [2.24, 2.45) is 0 Å². The first-order valence-electron chi connectivity index (χ1n) is 11.1. The van der Waals surface area contributed by atoms with Gasteiger partial charge in [0.05, 0.1) is 5.56 Å². The van der Waals surface area contributed by atoms with Gasteiger partial charge in [0.25, 0.3) is 5.91 Å². The summed E-state index contributed by atoms with van der Waals surface area (Å²) in [6.45, 7) is 12.2. The van der Waals surface area contributed by atoms with Crippen molar-refractivity contribution in [3.05, 3.63) is 81.7 Å². The second-order valence-electron chi connectivity index (χ2n) is 8.63. The van der Waals surface area contributed by atoms with Gasteiger partial charge in [-0.25, -0.2) is 0 Å². The lowest BCUT2D eigenvalue weighted by atomic mass is 10.1. The molecule has 1 fully saturated rings. The number of carbonyl (C=O) groups excluding carboxylic acids is 1. The quantitative estimate of drug-likeness (QED) is 0.575. The number of amides is 1. The van der Waals surface area contributed by atoms with Crippen molar-refractivity contribution < 1.29 is 14.1 Å². The van der Waals surface area contributed by atoms with E-state index in [1.807, 2.05) is 43.9 Å². The zero-order valence-electron chi connectivity index (χ0n) is 19.4. The minimum atomic E-state index is -0.0860. The van der Waals surface area contributed by atoms with Crippen molar-refractivity contribution in [3.63, 3.8) is 0 Å². The van der Waals surface area contributed by atoms with Crippen LogP contribution in [0.25, 0.3) is 0 Å². The lowest BCUT2D eigenvalue weighted by molar-refractivity contribution is 0.0616. The summed E-state index contributed by atoms with van der Waals surface area (Å²) in [5.74, 6) is 1.38. The molecule has 1 aromatic heterocycles. The standard InChI is InChI=1S/C26H31N3O3/c1-18-7-5-10-22(15-18)16-28-11-13-29(14-12-28)26(30)24-23(21(4)32-27-24)17-31-25-19(2)8-6-9-20(25)3/h5-10,15H,11-14,16-17H2,1-4H3. The molecule has 0 radical (unpaired) electrons. The van der Waals surface area contributed by atoms with Crippen molar-refractivity contribution in [1.82, 2.24) is 15.0 Å². The Morgan fingerprint density at radius 1 is 1.00 bits per heavy atom. The molecule has 0 bridgehead atoms. The Hall–Kier alpha value is -3.12. The zero-order valence-corrected chi connectivity index (χ0v) is 19.4. The molecule has 0 unspecified atom stereocenters. The summed E-state index contributed by atoms with van der Waals surface area (Å²) >= 11 is 0. The summed E-state index contributed by atoms with van der Waals surface area (Å²) in [5.41, 5.74) is 5.80. The highest BCUT2D eigenvalue weighted by molar-refractivity contribution is 5.93. The van der Waals surface area contributed by atoms with Crippen LogP contribution in [0.4, 0.5) is 0 Å². The molecule has 2 aromatic carbocycles. The minimum absolute atomic E-state index is 0.0860. The van der Waals surface area contributed by atoms with Gasteiger partial charge in [-0.3, -0.25) is 9.69 Å². The molecule has 0 spiro atoms. The number of benzene rings is 2. The molecule has 1 aliphatic rings. The van der Waals surface area contributed by atoms with Crippen LogP contribution < -0.4 is 4.74 Å². The average Bonchev–Trinajstić information content (AvgIpc) is 3.14. The van der Waals surface area contributed by atoms with E-state index in [2.05, 4.69) is 41.2 Å². The fourth-order valence-electron chi connectivity index (χ4n) is 4.23. The summed E-state index contributed by atoms with van der Waals surface area (Å²) in [6.07, 6.45) is 0. The molecule has 0 N–H and O–H groups in total. The van der Waals surface area contributed by atoms with Crippen LogP contribution in [0.3, 0.4) is 0 Å². The highest BCUT2D eigenvalue weighted by Crippen LogP contribution is 2.25. The van der Waals surface area contributed by atoms with Gasteiger partial charge in [-0.1, -0.05) is 53.2 Å². The van der Waals surface area contributed by atoms with E-state index in [0.29, 0.717) is 24.5 Å². The van der Waals surface area contributed by atoms with Crippen molar-refractivity contribution in [1.29, 1.82) is 0 Å². The minimum Gasteiger partial charge on any atom is -0.488 e. The lowest BCUT2D eigenvalue weighted by Crippen LogP contribution is -2.48. The fraction of sp³-hybridized carbons (Fsp3) is 0.385. The van der Waals surface area contributed by atoms with Gasteiger partial charge in [0.15, 0.2) is 5.69 Å². The third kappa shape index (κ3) is 4.86. The van der Waals surface area contributed by atoms with Gasteiger partial charge in [0.2, 0.25) is 0 Å². The number of hydrogen-bond acceptors (Lipinski definition) is 5. The van der Waals surface area contributed by atoms with Crippen LogP contribution in [0.5, 0.6) is 5.75 Å². The van der Waals surface area contributed by atoms with Gasteiger partial charge < -0.3 is 14.2 Å². The van der Waals surface area contributed by atoms with Crippen LogP contribution >= 0.6 is 0 Å². The van der Waals surface area contributed by atoms with Gasteiger partial charge in [-0.15, -0.1) is 0 Å². The third-order valence-electron chi connectivity index (χ3n) is 6.11. The van der Waals surface area contributed by atoms with E-state index in [-0.39, 0.29) is 12.5 Å². The number of hydrogen-bond donors (Lipinski definition) is 0. The lowest BCUT2D eigenvalue weighted by Gasteiger charge is -2.34. The molecule has 1 saturated heterocycles. The molecule has 1 amide bonds. The van der Waals surface area contributed by atoms with Crippen molar-refractivity contribution in [2.75, 3.05) is 26.2 Å². The largest absolute Gasteiger partial charge is 0.488 e. The normalized spacial score (nSPS) is 14.6. The van der Waals surface area contributed by atoms with Gasteiger partial charge >= 0.3 is 0 Å². The fourth-order valence-corrected chi connectivity index (χ4v) is 4.23. The molecule has 6 nitrogen and oxygen atoms in total. The molecule has 0 aliphatic carbocycles. The molecule has 4 rings (SSSR count). The van der Waals surface area contributed by atoms with Crippen LogP contribution in [0.15, 0.2) is 47.0 Å². The van der Waals surface area contributed by atoms with Crippen LogP contribution in [0.1, 0.15) is 44.1 Å². The maximum Gasteiger partial charge on any atom is 0.276 e. The second kappa shape index (κ2) is 9.57. The predicted molar refractivity (Wildman–Crippen MR) is 124 cm³/mol. The first kappa shape index (κ1) is 22.1. The van der Waals surface area contributed by atoms with E-state index in [1.54, 1.807) is 0 Å². The number of nitrogens with zero attached hydrogens (tertiary/aromatic N) is 3. The molecule has 0 atom stereocenters. The van der Waals surface area contributed by atoms with E-state index < -0.39 is 0 Å². The first-order valence-corrected chi connectivity index (χ1v) is 11.1. The van der Waals surface area contributed by atoms with Gasteiger partial charge in [0, 0.05) is 32.7 Å². The Balaban J connectivity index is 1.39. The zero-order chi connectivity index (χ0) is 22.7. The Morgan fingerprint density at radius 3 is 2.38 bits per heavy atom. The number of para-hydroxylation sites is 1. The van der Waals surface area contributed by atoms with Crippen LogP contribution in [0, 0.1) is 27.7 Å². The van der Waals surface area contributed by atoms with Crippen LogP contribution in [-0.4, -0.2) is 47.0 Å². The Bertz CT molecular complexity index is 1080. The highest BCUT2D eigenvalue weighted by Gasteiger charge is 2.28. The monoisotopic (exact) mass is 433 g/mol. The van der Waals surface area contributed by atoms with Crippen LogP contribution in [-0.2, 0) is 13.2 Å². The molecule has 3 aromatic rings. The molecular formula is C26H31N3O3. The van der Waals surface area contributed by atoms with Gasteiger partial charge in [-0.05, 0) is 44.4 Å². The Kier molecular flexibility index (Phi) is 6.61. The Labute approximate surface area is 189 Å². The topological polar surface area (TPSA) is 58.8 Å². The molecular weight excluding hydrogens is 402 g/mol. The smallest absolute Gasteiger partial charge is 0.276 e. The molecule has 6 heteroatoms. The molecule has 32 heavy (non-hydrogen) atoms. The highest BCUT2D eigenvalue weighted by atomic mass is 16.5.